The second-order valence-electron chi connectivity index (χ2n) is 7.60. The van der Waals surface area contributed by atoms with Crippen LogP contribution in [0, 0.1) is 10.1 Å². The Kier molecular flexibility index (Phi) is 6.83. The number of ether oxygens (including phenoxy) is 1. The van der Waals surface area contributed by atoms with E-state index in [-0.39, 0.29) is 18.7 Å². The molecule has 172 valence electrons. The lowest BCUT2D eigenvalue weighted by Gasteiger charge is -2.18. The third-order valence-electron chi connectivity index (χ3n) is 5.28. The summed E-state index contributed by atoms with van der Waals surface area (Å²) in [5, 5.41) is 17.2. The topological polar surface area (TPSA) is 126 Å². The van der Waals surface area contributed by atoms with Crippen molar-refractivity contribution in [2.75, 3.05) is 0 Å². The summed E-state index contributed by atoms with van der Waals surface area (Å²) in [7, 11) is 0. The van der Waals surface area contributed by atoms with Gasteiger partial charge < -0.3 is 20.4 Å². The zero-order chi connectivity index (χ0) is 23.9. The first-order chi connectivity index (χ1) is 16.5. The standard InChI is InChI=1S/C25H22N4O5/c30-24(27-15-17-10-12-19(13-11-17)29(32)33)23(28-25(31)34-20-6-2-1-3-7-20)14-18-16-26-22-9-5-4-8-21(18)22/h1-13,16,23,26H,14-15H2,(H,27,30)(H,28,31)/t23-/m1/s1. The van der Waals surface area contributed by atoms with Crippen molar-refractivity contribution in [2.45, 2.75) is 19.0 Å². The Morgan fingerprint density at radius 3 is 2.41 bits per heavy atom. The minimum atomic E-state index is -0.909. The lowest BCUT2D eigenvalue weighted by molar-refractivity contribution is -0.384. The number of nitro benzene ring substituents is 1. The molecular weight excluding hydrogens is 436 g/mol. The molecule has 1 atom stereocenters. The monoisotopic (exact) mass is 458 g/mol. The maximum absolute atomic E-state index is 13.0. The number of amides is 2. The maximum Gasteiger partial charge on any atom is 0.413 e. The molecule has 0 unspecified atom stereocenters. The van der Waals surface area contributed by atoms with E-state index in [0.717, 1.165) is 16.5 Å². The van der Waals surface area contributed by atoms with Crippen molar-refractivity contribution in [1.29, 1.82) is 0 Å². The van der Waals surface area contributed by atoms with Crippen molar-refractivity contribution in [3.63, 3.8) is 0 Å². The molecule has 0 aliphatic heterocycles. The molecule has 0 saturated heterocycles. The fourth-order valence-corrected chi connectivity index (χ4v) is 3.54. The summed E-state index contributed by atoms with van der Waals surface area (Å²) in [5.41, 5.74) is 2.45. The molecule has 9 nitrogen and oxygen atoms in total. The second-order valence-corrected chi connectivity index (χ2v) is 7.60. The smallest absolute Gasteiger partial charge is 0.410 e. The molecule has 4 aromatic rings. The predicted molar refractivity (Wildman–Crippen MR) is 126 cm³/mol. The van der Waals surface area contributed by atoms with Crippen LogP contribution in [-0.2, 0) is 17.8 Å². The molecule has 2 amide bonds. The van der Waals surface area contributed by atoms with Gasteiger partial charge in [-0.05, 0) is 29.3 Å². The summed E-state index contributed by atoms with van der Waals surface area (Å²) in [4.78, 5) is 39.1. The minimum absolute atomic E-state index is 0.0300. The highest BCUT2D eigenvalue weighted by Crippen LogP contribution is 2.19. The Labute approximate surface area is 194 Å². The number of aromatic amines is 1. The molecule has 3 N–H and O–H groups in total. The number of nitrogens with one attached hydrogen (secondary N) is 3. The minimum Gasteiger partial charge on any atom is -0.410 e. The number of para-hydroxylation sites is 2. The van der Waals surface area contributed by atoms with Crippen LogP contribution in [0.25, 0.3) is 10.9 Å². The van der Waals surface area contributed by atoms with Crippen LogP contribution in [0.3, 0.4) is 0 Å². The number of hydrogen-bond donors (Lipinski definition) is 3. The largest absolute Gasteiger partial charge is 0.413 e. The van der Waals surface area contributed by atoms with Crippen molar-refractivity contribution in [1.82, 2.24) is 15.6 Å². The van der Waals surface area contributed by atoms with E-state index >= 15 is 0 Å². The molecule has 1 heterocycles. The third kappa shape index (κ3) is 5.57. The van der Waals surface area contributed by atoms with E-state index in [9.17, 15) is 19.7 Å². The number of rotatable bonds is 8. The van der Waals surface area contributed by atoms with Gasteiger partial charge in [0.15, 0.2) is 0 Å². The fraction of sp³-hybridized carbons (Fsp3) is 0.120. The van der Waals surface area contributed by atoms with Crippen LogP contribution in [0.4, 0.5) is 10.5 Å². The van der Waals surface area contributed by atoms with Crippen LogP contribution >= 0.6 is 0 Å². The van der Waals surface area contributed by atoms with Gasteiger partial charge in [-0.3, -0.25) is 14.9 Å². The molecule has 34 heavy (non-hydrogen) atoms. The van der Waals surface area contributed by atoms with Gasteiger partial charge in [-0.25, -0.2) is 4.79 Å². The Hall–Kier alpha value is -4.66. The number of benzene rings is 3. The lowest BCUT2D eigenvalue weighted by Crippen LogP contribution is -2.48. The number of nitro groups is 1. The number of aromatic nitrogens is 1. The zero-order valence-electron chi connectivity index (χ0n) is 18.1. The lowest BCUT2D eigenvalue weighted by atomic mass is 10.0. The van der Waals surface area contributed by atoms with Crippen molar-refractivity contribution in [3.8, 4) is 5.75 Å². The average molecular weight is 458 g/mol. The van der Waals surface area contributed by atoms with Gasteiger partial charge in [0.05, 0.1) is 4.92 Å². The fourth-order valence-electron chi connectivity index (χ4n) is 3.54. The molecule has 9 heteroatoms. The quantitative estimate of drug-likeness (QED) is 0.271. The normalized spacial score (nSPS) is 11.5. The molecule has 0 aliphatic carbocycles. The molecule has 0 aliphatic rings. The van der Waals surface area contributed by atoms with Gasteiger partial charge in [0.2, 0.25) is 5.91 Å². The van der Waals surface area contributed by atoms with Crippen LogP contribution < -0.4 is 15.4 Å². The number of carbonyl (C=O) groups is 2. The first-order valence-electron chi connectivity index (χ1n) is 10.6. The van der Waals surface area contributed by atoms with E-state index in [1.807, 2.05) is 30.5 Å². The number of carbonyl (C=O) groups excluding carboxylic acids is 2. The van der Waals surface area contributed by atoms with Gasteiger partial charge in [0, 0.05) is 42.2 Å². The Bertz CT molecular complexity index is 1300. The molecule has 0 bridgehead atoms. The summed E-state index contributed by atoms with van der Waals surface area (Å²) in [5.74, 6) is -0.0502. The predicted octanol–water partition coefficient (Wildman–Crippen LogP) is 4.09. The molecule has 0 radical (unpaired) electrons. The summed E-state index contributed by atoms with van der Waals surface area (Å²) in [6.45, 7) is 0.149. The van der Waals surface area contributed by atoms with E-state index in [0.29, 0.717) is 11.3 Å². The number of fused-ring (bicyclic) bond motifs is 1. The molecule has 0 spiro atoms. The molecule has 4 rings (SSSR count). The number of H-pyrrole nitrogens is 1. The molecule has 0 fully saturated rings. The molecule has 1 aromatic heterocycles. The van der Waals surface area contributed by atoms with E-state index < -0.39 is 23.0 Å². The SMILES string of the molecule is O=C(N[C@H](Cc1c[nH]c2ccccc12)C(=O)NCc1ccc([N+](=O)[O-])cc1)Oc1ccccc1. The van der Waals surface area contributed by atoms with Crippen molar-refractivity contribution in [3.05, 3.63) is 106 Å². The zero-order valence-corrected chi connectivity index (χ0v) is 18.1. The van der Waals surface area contributed by atoms with Crippen LogP contribution in [0.2, 0.25) is 0 Å². The first-order valence-corrected chi connectivity index (χ1v) is 10.6. The average Bonchev–Trinajstić information content (AvgIpc) is 3.26. The Morgan fingerprint density at radius 2 is 1.68 bits per heavy atom. The summed E-state index contributed by atoms with van der Waals surface area (Å²) >= 11 is 0. The van der Waals surface area contributed by atoms with E-state index in [2.05, 4.69) is 15.6 Å². The van der Waals surface area contributed by atoms with Crippen LogP contribution in [0.1, 0.15) is 11.1 Å². The second kappa shape index (κ2) is 10.3. The van der Waals surface area contributed by atoms with Crippen LogP contribution in [-0.4, -0.2) is 27.9 Å². The highest BCUT2D eigenvalue weighted by molar-refractivity contribution is 5.88. The highest BCUT2D eigenvalue weighted by atomic mass is 16.6. The van der Waals surface area contributed by atoms with E-state index in [4.69, 9.17) is 4.74 Å². The van der Waals surface area contributed by atoms with Crippen molar-refractivity contribution in [2.24, 2.45) is 0 Å². The summed E-state index contributed by atoms with van der Waals surface area (Å²) in [6.07, 6.45) is 1.30. The first kappa shape index (κ1) is 22.5. The molecular formula is C25H22N4O5. The Balaban J connectivity index is 1.48. The van der Waals surface area contributed by atoms with Crippen molar-refractivity contribution < 1.29 is 19.2 Å². The molecule has 0 saturated carbocycles. The van der Waals surface area contributed by atoms with E-state index in [1.165, 1.54) is 12.1 Å². The van der Waals surface area contributed by atoms with Gasteiger partial charge in [-0.15, -0.1) is 0 Å². The van der Waals surface area contributed by atoms with Crippen molar-refractivity contribution >= 4 is 28.6 Å². The van der Waals surface area contributed by atoms with E-state index in [1.54, 1.807) is 42.5 Å². The summed E-state index contributed by atoms with van der Waals surface area (Å²) in [6, 6.07) is 21.2. The third-order valence-corrected chi connectivity index (χ3v) is 5.28. The number of nitrogens with zero attached hydrogens (tertiary/aromatic N) is 1. The van der Waals surface area contributed by atoms with Gasteiger partial charge in [-0.1, -0.05) is 48.5 Å². The van der Waals surface area contributed by atoms with Crippen LogP contribution in [0.15, 0.2) is 85.1 Å². The highest BCUT2D eigenvalue weighted by Gasteiger charge is 2.23. The summed E-state index contributed by atoms with van der Waals surface area (Å²) < 4.78 is 5.30. The maximum atomic E-state index is 13.0. The van der Waals surface area contributed by atoms with Gasteiger partial charge >= 0.3 is 6.09 Å². The Morgan fingerprint density at radius 1 is 0.971 bits per heavy atom. The van der Waals surface area contributed by atoms with Gasteiger partial charge in [-0.2, -0.15) is 0 Å². The van der Waals surface area contributed by atoms with Gasteiger partial charge in [0.25, 0.3) is 5.69 Å². The number of hydrogen-bond acceptors (Lipinski definition) is 5. The van der Waals surface area contributed by atoms with Crippen LogP contribution in [0.5, 0.6) is 5.75 Å². The van der Waals surface area contributed by atoms with Gasteiger partial charge in [0.1, 0.15) is 11.8 Å². The number of non-ortho nitro benzene ring substituents is 1. The molecule has 3 aromatic carbocycles.